The Balaban J connectivity index is 4.32. The van der Waals surface area contributed by atoms with Crippen LogP contribution in [0.25, 0.3) is 0 Å². The van der Waals surface area contributed by atoms with Crippen molar-refractivity contribution in [2.45, 2.75) is 26.7 Å². The van der Waals surface area contributed by atoms with Gasteiger partial charge in [-0.15, -0.1) is 36.7 Å². The van der Waals surface area contributed by atoms with Crippen molar-refractivity contribution in [3.8, 4) is 0 Å². The zero-order valence-electron chi connectivity index (χ0n) is 7.03. The summed E-state index contributed by atoms with van der Waals surface area (Å²) < 4.78 is -1.45. The minimum atomic E-state index is -1.45. The number of rotatable bonds is 4. The van der Waals surface area contributed by atoms with E-state index in [-0.39, 0.29) is 0 Å². The highest BCUT2D eigenvalue weighted by molar-refractivity contribution is 9.17. The van der Waals surface area contributed by atoms with Gasteiger partial charge in [0.1, 0.15) is 0 Å². The molecule has 0 atom stereocenters. The van der Waals surface area contributed by atoms with Crippen molar-refractivity contribution in [2.75, 3.05) is 11.5 Å². The van der Waals surface area contributed by atoms with Crippen LogP contribution in [0.4, 0.5) is 0 Å². The Morgan fingerprint density at radius 2 is 1.36 bits per heavy atom. The van der Waals surface area contributed by atoms with Crippen LogP contribution < -0.4 is 0 Å². The van der Waals surface area contributed by atoms with Crippen molar-refractivity contribution in [3.05, 3.63) is 0 Å². The monoisotopic (exact) mass is 248 g/mol. The van der Waals surface area contributed by atoms with Gasteiger partial charge in [0.2, 0.25) is 0 Å². The topological polar surface area (TPSA) is 0 Å². The molecule has 0 amide bonds. The van der Waals surface area contributed by atoms with E-state index in [0.29, 0.717) is 10.1 Å². The highest BCUT2D eigenvalue weighted by atomic mass is 33.5. The van der Waals surface area contributed by atoms with Crippen LogP contribution in [0.15, 0.2) is 0 Å². The van der Waals surface area contributed by atoms with Crippen molar-refractivity contribution in [3.63, 3.8) is 0 Å². The SMILES string of the molecule is CCCS(CCC)=P(S)(S)S. The third-order valence-electron chi connectivity index (χ3n) is 1.23. The fourth-order valence-corrected chi connectivity index (χ4v) is 9.43. The molecule has 0 saturated carbocycles. The molecular formula is C6H17PS4. The maximum absolute atomic E-state index is 4.47. The standard InChI is InChI=1S/C6H17PS4/c1-3-5-11(6-4-2)7(8,9)10/h8-10H,3-6H2,1-2H3. The Morgan fingerprint density at radius 1 is 1.00 bits per heavy atom. The van der Waals surface area contributed by atoms with Gasteiger partial charge in [0.25, 0.3) is 0 Å². The molecule has 0 nitrogen and oxygen atoms in total. The average molecular weight is 248 g/mol. The van der Waals surface area contributed by atoms with Gasteiger partial charge in [-0.25, -0.2) is 0 Å². The van der Waals surface area contributed by atoms with E-state index in [0.717, 1.165) is 0 Å². The van der Waals surface area contributed by atoms with E-state index in [1.54, 1.807) is 0 Å². The summed E-state index contributed by atoms with van der Waals surface area (Å²) in [6, 6.07) is 0. The normalized spacial score (nSPS) is 12.5. The first-order chi connectivity index (χ1) is 5.02. The molecule has 0 aliphatic heterocycles. The highest BCUT2D eigenvalue weighted by Crippen LogP contribution is 2.65. The minimum absolute atomic E-state index is 0.362. The summed E-state index contributed by atoms with van der Waals surface area (Å²) in [6.07, 6.45) is 2.46. The summed E-state index contributed by atoms with van der Waals surface area (Å²) in [6.45, 7) is 4.42. The van der Waals surface area contributed by atoms with Gasteiger partial charge in [0.15, 0.2) is 0 Å². The van der Waals surface area contributed by atoms with Gasteiger partial charge in [-0.2, -0.15) is 10.1 Å². The maximum Gasteiger partial charge on any atom is 0.0620 e. The third-order valence-corrected chi connectivity index (χ3v) is 13.1. The van der Waals surface area contributed by atoms with Crippen LogP contribution in [0, 0.1) is 0 Å². The van der Waals surface area contributed by atoms with Crippen molar-refractivity contribution in [1.29, 1.82) is 0 Å². The number of hydrogen-bond donors (Lipinski definition) is 3. The molecule has 70 valence electrons. The lowest BCUT2D eigenvalue weighted by molar-refractivity contribution is 1.07. The molecule has 0 spiro atoms. The summed E-state index contributed by atoms with van der Waals surface area (Å²) in [5.74, 6) is 2.50. The fourth-order valence-electron chi connectivity index (χ4n) is 0.818. The predicted octanol–water partition coefficient (Wildman–Crippen LogP) is 3.89. The van der Waals surface area contributed by atoms with E-state index in [4.69, 9.17) is 0 Å². The van der Waals surface area contributed by atoms with Crippen LogP contribution in [0.3, 0.4) is 0 Å². The summed E-state index contributed by atoms with van der Waals surface area (Å²) in [5, 5.41) is 0. The zero-order chi connectivity index (χ0) is 8.91. The first-order valence-corrected chi connectivity index (χ1v) is 11.2. The highest BCUT2D eigenvalue weighted by Gasteiger charge is 2.05. The Labute approximate surface area is 88.3 Å². The molecule has 0 aliphatic rings. The summed E-state index contributed by atoms with van der Waals surface area (Å²) >= 11 is 13.4. The largest absolute Gasteiger partial charge is 0.163 e. The summed E-state index contributed by atoms with van der Waals surface area (Å²) in [4.78, 5) is 0. The second-order valence-electron chi connectivity index (χ2n) is 2.38. The van der Waals surface area contributed by atoms with Gasteiger partial charge in [0, 0.05) is 0 Å². The molecule has 0 unspecified atom stereocenters. The maximum atomic E-state index is 4.47. The van der Waals surface area contributed by atoms with Crippen molar-refractivity contribution >= 4 is 50.5 Å². The minimum Gasteiger partial charge on any atom is -0.163 e. The lowest BCUT2D eigenvalue weighted by atomic mass is 10.6. The summed E-state index contributed by atoms with van der Waals surface area (Å²) in [5.41, 5.74) is 0. The molecule has 0 rings (SSSR count). The van der Waals surface area contributed by atoms with E-state index in [9.17, 15) is 0 Å². The molecule has 0 bridgehead atoms. The Bertz CT molecular complexity index is 144. The summed E-state index contributed by atoms with van der Waals surface area (Å²) in [7, 11) is 0.362. The quantitative estimate of drug-likeness (QED) is 0.488. The molecule has 0 fully saturated rings. The second-order valence-corrected chi connectivity index (χ2v) is 19.0. The van der Waals surface area contributed by atoms with E-state index in [1.165, 1.54) is 24.3 Å². The average Bonchev–Trinajstić information content (AvgIpc) is 1.85. The fraction of sp³-hybridized carbons (Fsp3) is 1.00. The van der Waals surface area contributed by atoms with Crippen LogP contribution in [-0.4, -0.2) is 11.5 Å². The molecule has 0 aromatic rings. The molecule has 0 aromatic heterocycles. The van der Waals surface area contributed by atoms with Crippen LogP contribution in [0.2, 0.25) is 0 Å². The van der Waals surface area contributed by atoms with Gasteiger partial charge < -0.3 is 0 Å². The molecule has 0 saturated heterocycles. The van der Waals surface area contributed by atoms with Crippen LogP contribution in [0.5, 0.6) is 0 Å². The molecule has 11 heavy (non-hydrogen) atoms. The van der Waals surface area contributed by atoms with E-state index in [2.05, 4.69) is 50.6 Å². The van der Waals surface area contributed by atoms with Crippen molar-refractivity contribution in [2.24, 2.45) is 0 Å². The molecule has 0 aromatic carbocycles. The van der Waals surface area contributed by atoms with Gasteiger partial charge in [0.05, 0.1) is 3.64 Å². The number of thiol groups is 3. The van der Waals surface area contributed by atoms with Crippen LogP contribution >= 0.6 is 40.4 Å². The van der Waals surface area contributed by atoms with Gasteiger partial charge >= 0.3 is 0 Å². The first-order valence-electron chi connectivity index (χ1n) is 3.77. The Hall–Kier alpha value is 1.83. The van der Waals surface area contributed by atoms with E-state index < -0.39 is 3.64 Å². The number of hydrogen-bond acceptors (Lipinski definition) is 0. The Morgan fingerprint density at radius 3 is 1.55 bits per heavy atom. The van der Waals surface area contributed by atoms with Crippen molar-refractivity contribution in [1.82, 2.24) is 0 Å². The third kappa shape index (κ3) is 5.98. The van der Waals surface area contributed by atoms with E-state index >= 15 is 0 Å². The van der Waals surface area contributed by atoms with Crippen LogP contribution in [-0.2, 0) is 10.1 Å². The Kier molecular flexibility index (Phi) is 7.36. The van der Waals surface area contributed by atoms with Crippen molar-refractivity contribution < 1.29 is 0 Å². The second kappa shape index (κ2) is 6.31. The molecule has 0 aliphatic carbocycles. The van der Waals surface area contributed by atoms with Gasteiger partial charge in [-0.05, 0) is 24.3 Å². The molecule has 5 heteroatoms. The zero-order valence-corrected chi connectivity index (χ0v) is 11.4. The molecule has 0 radical (unpaired) electrons. The molecular weight excluding hydrogens is 231 g/mol. The van der Waals surface area contributed by atoms with Gasteiger partial charge in [-0.3, -0.25) is 0 Å². The van der Waals surface area contributed by atoms with Crippen LogP contribution in [0.1, 0.15) is 26.7 Å². The predicted molar refractivity (Wildman–Crippen MR) is 71.6 cm³/mol. The first kappa shape index (κ1) is 12.8. The van der Waals surface area contributed by atoms with Gasteiger partial charge in [-0.1, -0.05) is 13.8 Å². The van der Waals surface area contributed by atoms with E-state index in [1.807, 2.05) is 0 Å². The smallest absolute Gasteiger partial charge is 0.0620 e. The molecule has 0 N–H and O–H groups in total. The molecule has 0 heterocycles. The lowest BCUT2D eigenvalue weighted by Crippen LogP contribution is -1.99. The lowest BCUT2D eigenvalue weighted by Gasteiger charge is -2.15.